The number of benzene rings is 1. The molecule has 0 saturated carbocycles. The van der Waals surface area contributed by atoms with Crippen LogP contribution >= 0.6 is 0 Å². The molecule has 0 bridgehead atoms. The fraction of sp³-hybridized carbons (Fsp3) is 0.562. The van der Waals surface area contributed by atoms with E-state index < -0.39 is 0 Å². The predicted octanol–water partition coefficient (Wildman–Crippen LogP) is 2.93. The third-order valence-corrected chi connectivity index (χ3v) is 3.29. The van der Waals surface area contributed by atoms with Crippen molar-refractivity contribution in [3.8, 4) is 5.75 Å². The molecule has 0 spiro atoms. The second kappa shape index (κ2) is 7.29. The van der Waals surface area contributed by atoms with Crippen molar-refractivity contribution in [2.45, 2.75) is 39.0 Å². The first-order chi connectivity index (χ1) is 8.97. The number of carbonyl (C=O) groups excluding carboxylic acids is 1. The van der Waals surface area contributed by atoms with Crippen LogP contribution in [0.1, 0.15) is 39.2 Å². The molecule has 19 heavy (non-hydrogen) atoms. The highest BCUT2D eigenvalue weighted by atomic mass is 16.5. The largest absolute Gasteiger partial charge is 0.496 e. The van der Waals surface area contributed by atoms with E-state index in [2.05, 4.69) is 25.2 Å². The van der Waals surface area contributed by atoms with Crippen molar-refractivity contribution in [2.24, 2.45) is 0 Å². The Morgan fingerprint density at radius 2 is 2.00 bits per heavy atom. The minimum atomic E-state index is 0.00280. The van der Waals surface area contributed by atoms with Gasteiger partial charge in [0.15, 0.2) is 0 Å². The summed E-state index contributed by atoms with van der Waals surface area (Å²) in [5.41, 5.74) is 1.21. The third-order valence-electron chi connectivity index (χ3n) is 3.29. The van der Waals surface area contributed by atoms with Crippen LogP contribution in [0.2, 0.25) is 0 Å². The molecule has 0 fully saturated rings. The minimum absolute atomic E-state index is 0.00280. The second-order valence-corrected chi connectivity index (χ2v) is 5.57. The van der Waals surface area contributed by atoms with E-state index in [1.807, 2.05) is 18.2 Å². The molecular formula is C16H25NO2. The first-order valence-corrected chi connectivity index (χ1v) is 6.81. The average molecular weight is 263 g/mol. The standard InChI is InChI=1S/C16H25NO2/c1-13(18)8-7-11-17-12-16(2,3)14-9-5-6-10-15(14)19-4/h5-6,9-10,17H,7-8,11-12H2,1-4H3. The zero-order valence-electron chi connectivity index (χ0n) is 12.5. The van der Waals surface area contributed by atoms with E-state index >= 15 is 0 Å². The highest BCUT2D eigenvalue weighted by Gasteiger charge is 2.23. The van der Waals surface area contributed by atoms with Crippen LogP contribution in [0.4, 0.5) is 0 Å². The van der Waals surface area contributed by atoms with Gasteiger partial charge in [0.05, 0.1) is 7.11 Å². The molecule has 0 aromatic heterocycles. The van der Waals surface area contributed by atoms with Gasteiger partial charge in [-0.15, -0.1) is 0 Å². The lowest BCUT2D eigenvalue weighted by atomic mass is 9.84. The summed E-state index contributed by atoms with van der Waals surface area (Å²) in [6.45, 7) is 7.77. The Labute approximate surface area is 116 Å². The Morgan fingerprint density at radius 3 is 2.63 bits per heavy atom. The molecule has 3 heteroatoms. The quantitative estimate of drug-likeness (QED) is 0.733. The molecule has 1 N–H and O–H groups in total. The molecule has 0 aliphatic rings. The molecule has 0 heterocycles. The van der Waals surface area contributed by atoms with Crippen LogP contribution in [0.15, 0.2) is 24.3 Å². The predicted molar refractivity (Wildman–Crippen MR) is 78.8 cm³/mol. The molecule has 0 saturated heterocycles. The second-order valence-electron chi connectivity index (χ2n) is 5.57. The van der Waals surface area contributed by atoms with Crippen molar-refractivity contribution in [3.05, 3.63) is 29.8 Å². The van der Waals surface area contributed by atoms with Gasteiger partial charge in [0.2, 0.25) is 0 Å². The number of nitrogens with one attached hydrogen (secondary N) is 1. The molecule has 1 rings (SSSR count). The Bertz CT molecular complexity index is 413. The summed E-state index contributed by atoms with van der Waals surface area (Å²) in [7, 11) is 1.70. The molecule has 1 aromatic carbocycles. The van der Waals surface area contributed by atoms with E-state index in [4.69, 9.17) is 4.74 Å². The van der Waals surface area contributed by atoms with Gasteiger partial charge in [-0.05, 0) is 26.0 Å². The molecule has 0 aliphatic carbocycles. The number of rotatable bonds is 8. The van der Waals surface area contributed by atoms with Gasteiger partial charge in [-0.25, -0.2) is 0 Å². The first-order valence-electron chi connectivity index (χ1n) is 6.81. The monoisotopic (exact) mass is 263 g/mol. The SMILES string of the molecule is COc1ccccc1C(C)(C)CNCCCC(C)=O. The van der Waals surface area contributed by atoms with Gasteiger partial charge in [0.1, 0.15) is 11.5 Å². The average Bonchev–Trinajstić information content (AvgIpc) is 2.37. The van der Waals surface area contributed by atoms with Gasteiger partial charge in [0, 0.05) is 23.9 Å². The minimum Gasteiger partial charge on any atom is -0.496 e. The normalized spacial score (nSPS) is 11.4. The fourth-order valence-corrected chi connectivity index (χ4v) is 2.16. The van der Waals surface area contributed by atoms with Crippen LogP contribution in [0.5, 0.6) is 5.75 Å². The number of carbonyl (C=O) groups is 1. The zero-order chi connectivity index (χ0) is 14.3. The summed E-state index contributed by atoms with van der Waals surface area (Å²) in [6.07, 6.45) is 1.55. The Hall–Kier alpha value is -1.35. The van der Waals surface area contributed by atoms with Crippen LogP contribution in [-0.2, 0) is 10.2 Å². The number of para-hydroxylation sites is 1. The number of hydrogen-bond acceptors (Lipinski definition) is 3. The molecule has 3 nitrogen and oxygen atoms in total. The maximum Gasteiger partial charge on any atom is 0.129 e. The van der Waals surface area contributed by atoms with Crippen LogP contribution in [0.3, 0.4) is 0 Å². The molecule has 0 aliphatic heterocycles. The van der Waals surface area contributed by atoms with Crippen LogP contribution in [0, 0.1) is 0 Å². The maximum atomic E-state index is 10.9. The van der Waals surface area contributed by atoms with E-state index in [9.17, 15) is 4.79 Å². The summed E-state index contributed by atoms with van der Waals surface area (Å²) in [4.78, 5) is 10.9. The fourth-order valence-electron chi connectivity index (χ4n) is 2.16. The van der Waals surface area contributed by atoms with Crippen LogP contribution < -0.4 is 10.1 Å². The van der Waals surface area contributed by atoms with Gasteiger partial charge < -0.3 is 14.8 Å². The van der Waals surface area contributed by atoms with Gasteiger partial charge in [-0.3, -0.25) is 0 Å². The Morgan fingerprint density at radius 1 is 1.32 bits per heavy atom. The summed E-state index contributed by atoms with van der Waals surface area (Å²) < 4.78 is 5.42. The number of Topliss-reactive ketones (excluding diaryl/α,β-unsaturated/α-hetero) is 1. The smallest absolute Gasteiger partial charge is 0.129 e. The number of hydrogen-bond donors (Lipinski definition) is 1. The van der Waals surface area contributed by atoms with E-state index in [-0.39, 0.29) is 11.2 Å². The first kappa shape index (κ1) is 15.7. The summed E-state index contributed by atoms with van der Waals surface area (Å²) >= 11 is 0. The zero-order valence-corrected chi connectivity index (χ0v) is 12.5. The highest BCUT2D eigenvalue weighted by molar-refractivity contribution is 5.75. The molecule has 0 atom stereocenters. The van der Waals surface area contributed by atoms with E-state index in [1.165, 1.54) is 5.56 Å². The van der Waals surface area contributed by atoms with Gasteiger partial charge in [0.25, 0.3) is 0 Å². The van der Waals surface area contributed by atoms with Crippen molar-refractivity contribution >= 4 is 5.78 Å². The van der Waals surface area contributed by atoms with Crippen molar-refractivity contribution in [1.29, 1.82) is 0 Å². The molecular weight excluding hydrogens is 238 g/mol. The van der Waals surface area contributed by atoms with Crippen LogP contribution in [-0.4, -0.2) is 26.0 Å². The molecule has 0 unspecified atom stereocenters. The molecule has 1 aromatic rings. The van der Waals surface area contributed by atoms with Crippen molar-refractivity contribution in [1.82, 2.24) is 5.32 Å². The number of ketones is 1. The Kier molecular flexibility index (Phi) is 6.03. The van der Waals surface area contributed by atoms with Crippen molar-refractivity contribution < 1.29 is 9.53 Å². The number of ether oxygens (including phenoxy) is 1. The third kappa shape index (κ3) is 5.03. The number of methoxy groups -OCH3 is 1. The van der Waals surface area contributed by atoms with E-state index in [0.29, 0.717) is 6.42 Å². The van der Waals surface area contributed by atoms with Gasteiger partial charge >= 0.3 is 0 Å². The molecule has 0 amide bonds. The van der Waals surface area contributed by atoms with Gasteiger partial charge in [-0.2, -0.15) is 0 Å². The van der Waals surface area contributed by atoms with Crippen molar-refractivity contribution in [2.75, 3.05) is 20.2 Å². The van der Waals surface area contributed by atoms with E-state index in [1.54, 1.807) is 14.0 Å². The molecule has 0 radical (unpaired) electrons. The lowest BCUT2D eigenvalue weighted by Crippen LogP contribution is -2.33. The van der Waals surface area contributed by atoms with Crippen LogP contribution in [0.25, 0.3) is 0 Å². The lowest BCUT2D eigenvalue weighted by Gasteiger charge is -2.27. The highest BCUT2D eigenvalue weighted by Crippen LogP contribution is 2.30. The Balaban J connectivity index is 2.53. The molecule has 106 valence electrons. The summed E-state index contributed by atoms with van der Waals surface area (Å²) in [5.74, 6) is 1.18. The summed E-state index contributed by atoms with van der Waals surface area (Å²) in [6, 6.07) is 8.12. The summed E-state index contributed by atoms with van der Waals surface area (Å²) in [5, 5.41) is 3.42. The topological polar surface area (TPSA) is 38.3 Å². The van der Waals surface area contributed by atoms with E-state index in [0.717, 1.165) is 25.3 Å². The maximum absolute atomic E-state index is 10.9. The van der Waals surface area contributed by atoms with Crippen molar-refractivity contribution in [3.63, 3.8) is 0 Å². The lowest BCUT2D eigenvalue weighted by molar-refractivity contribution is -0.117. The van der Waals surface area contributed by atoms with Gasteiger partial charge in [-0.1, -0.05) is 32.0 Å².